The molecule has 2 N–H and O–H groups in total. The van der Waals surface area contributed by atoms with E-state index in [-0.39, 0.29) is 5.56 Å². The Morgan fingerprint density at radius 2 is 1.84 bits per heavy atom. The normalized spacial score (nSPS) is 10.7. The van der Waals surface area contributed by atoms with Gasteiger partial charge in [0.25, 0.3) is 11.5 Å². The molecule has 2 aromatic heterocycles. The highest BCUT2D eigenvalue weighted by Gasteiger charge is 2.11. The number of rotatable bonds is 2. The predicted octanol–water partition coefficient (Wildman–Crippen LogP) is 2.15. The van der Waals surface area contributed by atoms with Crippen molar-refractivity contribution in [1.29, 1.82) is 0 Å². The van der Waals surface area contributed by atoms with Crippen LogP contribution in [0.2, 0.25) is 0 Å². The fraction of sp³-hybridized carbons (Fsp3) is 0. The first-order valence-corrected chi connectivity index (χ1v) is 6.49. The van der Waals surface area contributed by atoms with Crippen LogP contribution in [0.15, 0.2) is 53.3 Å². The van der Waals surface area contributed by atoms with Gasteiger partial charge in [-0.05, 0) is 24.3 Å². The first-order valence-electron chi connectivity index (χ1n) is 5.67. The van der Waals surface area contributed by atoms with Crippen LogP contribution in [0.5, 0.6) is 0 Å². The van der Waals surface area contributed by atoms with Gasteiger partial charge in [0.2, 0.25) is 0 Å². The third-order valence-electron chi connectivity index (χ3n) is 2.83. The maximum Gasteiger partial charge on any atom is 0.258 e. The zero-order chi connectivity index (χ0) is 13.4. The van der Waals surface area contributed by atoms with E-state index in [1.54, 1.807) is 16.7 Å². The Balaban J connectivity index is 2.37. The standard InChI is InChI=1S/C14H10N2O2S/c15-13(18)11-8-9-6-7-12(17)16(14(9)19-11)10-4-2-1-3-5-10/h1-8H,(H2,15,18). The molecule has 0 aliphatic rings. The van der Waals surface area contributed by atoms with Gasteiger partial charge < -0.3 is 5.73 Å². The summed E-state index contributed by atoms with van der Waals surface area (Å²) in [5, 5.41) is 0.835. The molecule has 2 heterocycles. The molecule has 4 nitrogen and oxygen atoms in total. The number of nitrogens with two attached hydrogens (primary N) is 1. The van der Waals surface area contributed by atoms with Crippen molar-refractivity contribution < 1.29 is 4.79 Å². The molecule has 94 valence electrons. The number of primary amides is 1. The fourth-order valence-corrected chi connectivity index (χ4v) is 2.99. The quantitative estimate of drug-likeness (QED) is 0.775. The van der Waals surface area contributed by atoms with Crippen molar-refractivity contribution in [3.63, 3.8) is 0 Å². The van der Waals surface area contributed by atoms with E-state index in [2.05, 4.69) is 0 Å². The summed E-state index contributed by atoms with van der Waals surface area (Å²) in [6, 6.07) is 14.2. The van der Waals surface area contributed by atoms with Gasteiger partial charge in [0, 0.05) is 11.5 Å². The first kappa shape index (κ1) is 11.7. The van der Waals surface area contributed by atoms with Gasteiger partial charge in [-0.15, -0.1) is 11.3 Å². The van der Waals surface area contributed by atoms with Crippen molar-refractivity contribution in [2.45, 2.75) is 0 Å². The Bertz CT molecular complexity index is 818. The van der Waals surface area contributed by atoms with Crippen LogP contribution in [-0.4, -0.2) is 10.5 Å². The lowest BCUT2D eigenvalue weighted by atomic mass is 10.2. The number of fused-ring (bicyclic) bond motifs is 1. The molecule has 0 fully saturated rings. The van der Waals surface area contributed by atoms with Gasteiger partial charge in [0.1, 0.15) is 4.83 Å². The maximum absolute atomic E-state index is 12.1. The summed E-state index contributed by atoms with van der Waals surface area (Å²) in [6.07, 6.45) is 0. The first-order chi connectivity index (χ1) is 9.16. The van der Waals surface area contributed by atoms with E-state index in [1.807, 2.05) is 30.3 Å². The van der Waals surface area contributed by atoms with E-state index >= 15 is 0 Å². The molecular formula is C14H10N2O2S. The van der Waals surface area contributed by atoms with Gasteiger partial charge in [0.15, 0.2) is 0 Å². The van der Waals surface area contributed by atoms with Crippen LogP contribution >= 0.6 is 11.3 Å². The number of carbonyl (C=O) groups is 1. The van der Waals surface area contributed by atoms with Crippen LogP contribution in [-0.2, 0) is 0 Å². The molecule has 3 aromatic rings. The zero-order valence-corrected chi connectivity index (χ0v) is 10.7. The Kier molecular flexibility index (Phi) is 2.68. The van der Waals surface area contributed by atoms with Gasteiger partial charge >= 0.3 is 0 Å². The minimum absolute atomic E-state index is 0.128. The molecule has 0 unspecified atom stereocenters. The van der Waals surface area contributed by atoms with Crippen LogP contribution in [0.1, 0.15) is 9.67 Å². The second kappa shape index (κ2) is 4.37. The molecule has 3 rings (SSSR count). The van der Waals surface area contributed by atoms with Gasteiger partial charge in [-0.2, -0.15) is 0 Å². The molecule has 1 aromatic carbocycles. The number of pyridine rings is 1. The Morgan fingerprint density at radius 1 is 1.11 bits per heavy atom. The maximum atomic E-state index is 12.1. The average Bonchev–Trinajstić information content (AvgIpc) is 2.83. The Hall–Kier alpha value is -2.40. The highest BCUT2D eigenvalue weighted by atomic mass is 32.1. The number of carbonyl (C=O) groups excluding carboxylic acids is 1. The lowest BCUT2D eigenvalue weighted by molar-refractivity contribution is 0.100. The molecule has 0 aliphatic heterocycles. The Morgan fingerprint density at radius 3 is 2.53 bits per heavy atom. The average molecular weight is 270 g/mol. The lowest BCUT2D eigenvalue weighted by Crippen LogP contribution is -2.16. The topological polar surface area (TPSA) is 65.1 Å². The monoisotopic (exact) mass is 270 g/mol. The van der Waals surface area contributed by atoms with E-state index in [1.165, 1.54) is 17.4 Å². The lowest BCUT2D eigenvalue weighted by Gasteiger charge is -2.06. The van der Waals surface area contributed by atoms with E-state index < -0.39 is 5.91 Å². The summed E-state index contributed by atoms with van der Waals surface area (Å²) in [6.45, 7) is 0. The smallest absolute Gasteiger partial charge is 0.258 e. The van der Waals surface area contributed by atoms with Crippen LogP contribution in [0.3, 0.4) is 0 Å². The molecule has 5 heteroatoms. The summed E-state index contributed by atoms with van der Waals surface area (Å²) < 4.78 is 1.59. The number of hydrogen-bond donors (Lipinski definition) is 1. The van der Waals surface area contributed by atoms with Crippen molar-refractivity contribution >= 4 is 27.5 Å². The van der Waals surface area contributed by atoms with Crippen molar-refractivity contribution in [1.82, 2.24) is 4.57 Å². The minimum atomic E-state index is -0.478. The number of thiophene rings is 1. The molecule has 0 bridgehead atoms. The molecule has 0 saturated carbocycles. The van der Waals surface area contributed by atoms with Gasteiger partial charge in [0.05, 0.1) is 10.6 Å². The van der Waals surface area contributed by atoms with Crippen molar-refractivity contribution in [3.05, 3.63) is 63.8 Å². The van der Waals surface area contributed by atoms with Crippen molar-refractivity contribution in [2.75, 3.05) is 0 Å². The fourth-order valence-electron chi connectivity index (χ4n) is 1.97. The number of nitrogens with zero attached hydrogens (tertiary/aromatic N) is 1. The summed E-state index contributed by atoms with van der Waals surface area (Å²) >= 11 is 1.23. The summed E-state index contributed by atoms with van der Waals surface area (Å²) in [4.78, 5) is 24.5. The molecule has 0 aliphatic carbocycles. The largest absolute Gasteiger partial charge is 0.365 e. The van der Waals surface area contributed by atoms with E-state index in [9.17, 15) is 9.59 Å². The molecule has 1 amide bonds. The number of aromatic nitrogens is 1. The zero-order valence-electron chi connectivity index (χ0n) is 9.87. The van der Waals surface area contributed by atoms with E-state index in [0.717, 1.165) is 15.9 Å². The van der Waals surface area contributed by atoms with Crippen molar-refractivity contribution in [2.24, 2.45) is 5.73 Å². The Labute approximate surface area is 112 Å². The third kappa shape index (κ3) is 1.94. The number of hydrogen-bond acceptors (Lipinski definition) is 3. The molecule has 0 atom stereocenters. The number of benzene rings is 1. The molecule has 0 spiro atoms. The second-order valence-corrected chi connectivity index (χ2v) is 5.11. The highest BCUT2D eigenvalue weighted by Crippen LogP contribution is 2.25. The van der Waals surface area contributed by atoms with E-state index in [4.69, 9.17) is 5.73 Å². The molecule has 0 radical (unpaired) electrons. The number of amides is 1. The SMILES string of the molecule is NC(=O)c1cc2ccc(=O)n(-c3ccccc3)c2s1. The van der Waals surface area contributed by atoms with Crippen LogP contribution in [0.4, 0.5) is 0 Å². The second-order valence-electron chi connectivity index (χ2n) is 4.08. The van der Waals surface area contributed by atoms with E-state index in [0.29, 0.717) is 4.88 Å². The highest BCUT2D eigenvalue weighted by molar-refractivity contribution is 7.20. The third-order valence-corrected chi connectivity index (χ3v) is 3.98. The van der Waals surface area contributed by atoms with Crippen LogP contribution in [0, 0.1) is 0 Å². The number of para-hydroxylation sites is 1. The minimum Gasteiger partial charge on any atom is -0.365 e. The molecule has 19 heavy (non-hydrogen) atoms. The molecular weight excluding hydrogens is 260 g/mol. The molecule has 0 saturated heterocycles. The van der Waals surface area contributed by atoms with Gasteiger partial charge in [-0.3, -0.25) is 14.2 Å². The summed E-state index contributed by atoms with van der Waals surface area (Å²) in [7, 11) is 0. The van der Waals surface area contributed by atoms with Gasteiger partial charge in [-0.25, -0.2) is 0 Å². The van der Waals surface area contributed by atoms with Crippen LogP contribution in [0.25, 0.3) is 15.9 Å². The predicted molar refractivity (Wildman–Crippen MR) is 75.9 cm³/mol. The van der Waals surface area contributed by atoms with Crippen LogP contribution < -0.4 is 11.3 Å². The summed E-state index contributed by atoms with van der Waals surface area (Å²) in [5.74, 6) is -0.478. The van der Waals surface area contributed by atoms with Gasteiger partial charge in [-0.1, -0.05) is 18.2 Å². The summed E-state index contributed by atoms with van der Waals surface area (Å²) in [5.41, 5.74) is 5.93. The van der Waals surface area contributed by atoms with Crippen molar-refractivity contribution in [3.8, 4) is 5.69 Å².